The van der Waals surface area contributed by atoms with Gasteiger partial charge in [0, 0.05) is 6.54 Å². The molecule has 0 aliphatic carbocycles. The van der Waals surface area contributed by atoms with Gasteiger partial charge in [-0.25, -0.2) is 0 Å². The van der Waals surface area contributed by atoms with Gasteiger partial charge in [0.25, 0.3) is 0 Å². The molecule has 0 bridgehead atoms. The Labute approximate surface area is 86.5 Å². The SMILES string of the molecule is Cc1nc(N)nc(N2CCC2C(N)=O)n1. The van der Waals surface area contributed by atoms with Crippen LogP contribution in [0.5, 0.6) is 0 Å². The quantitative estimate of drug-likeness (QED) is 0.633. The second-order valence-electron chi connectivity index (χ2n) is 3.44. The summed E-state index contributed by atoms with van der Waals surface area (Å²) >= 11 is 0. The third kappa shape index (κ3) is 1.67. The first-order chi connectivity index (χ1) is 7.08. The Morgan fingerprint density at radius 2 is 2.20 bits per heavy atom. The van der Waals surface area contributed by atoms with Crippen LogP contribution in [0.3, 0.4) is 0 Å². The Morgan fingerprint density at radius 1 is 1.47 bits per heavy atom. The number of primary amides is 1. The third-order valence-electron chi connectivity index (χ3n) is 2.36. The predicted molar refractivity (Wildman–Crippen MR) is 53.9 cm³/mol. The van der Waals surface area contributed by atoms with Crippen LogP contribution in [0.15, 0.2) is 0 Å². The molecular formula is C8H12N6O. The number of nitrogens with two attached hydrogens (primary N) is 2. The highest BCUT2D eigenvalue weighted by atomic mass is 16.1. The summed E-state index contributed by atoms with van der Waals surface area (Å²) in [7, 11) is 0. The molecule has 15 heavy (non-hydrogen) atoms. The zero-order chi connectivity index (χ0) is 11.0. The van der Waals surface area contributed by atoms with Gasteiger partial charge < -0.3 is 16.4 Å². The molecule has 1 aromatic rings. The maximum atomic E-state index is 11.0. The molecule has 4 N–H and O–H groups in total. The van der Waals surface area contributed by atoms with Crippen LogP contribution < -0.4 is 16.4 Å². The second kappa shape index (κ2) is 3.34. The van der Waals surface area contributed by atoms with Crippen molar-refractivity contribution in [2.75, 3.05) is 17.2 Å². The minimum atomic E-state index is -0.363. The van der Waals surface area contributed by atoms with Gasteiger partial charge in [0.1, 0.15) is 11.9 Å². The molecular weight excluding hydrogens is 196 g/mol. The summed E-state index contributed by atoms with van der Waals surface area (Å²) in [6, 6.07) is -0.314. The maximum absolute atomic E-state index is 11.0. The van der Waals surface area contributed by atoms with E-state index < -0.39 is 0 Å². The number of nitrogens with zero attached hydrogens (tertiary/aromatic N) is 4. The molecule has 7 heteroatoms. The van der Waals surface area contributed by atoms with Crippen molar-refractivity contribution in [1.82, 2.24) is 15.0 Å². The Kier molecular flexibility index (Phi) is 2.14. The van der Waals surface area contributed by atoms with E-state index >= 15 is 0 Å². The van der Waals surface area contributed by atoms with Gasteiger partial charge in [0.15, 0.2) is 0 Å². The van der Waals surface area contributed by atoms with Crippen LogP contribution in [-0.2, 0) is 4.79 Å². The number of nitrogen functional groups attached to an aromatic ring is 1. The van der Waals surface area contributed by atoms with E-state index in [9.17, 15) is 4.79 Å². The van der Waals surface area contributed by atoms with Crippen LogP contribution in [0, 0.1) is 6.92 Å². The van der Waals surface area contributed by atoms with Gasteiger partial charge in [-0.15, -0.1) is 0 Å². The van der Waals surface area contributed by atoms with Gasteiger partial charge in [-0.3, -0.25) is 4.79 Å². The van der Waals surface area contributed by atoms with Crippen molar-refractivity contribution in [3.05, 3.63) is 5.82 Å². The number of aryl methyl sites for hydroxylation is 1. The molecule has 1 fully saturated rings. The van der Waals surface area contributed by atoms with Gasteiger partial charge in [0.2, 0.25) is 17.8 Å². The first kappa shape index (κ1) is 9.63. The van der Waals surface area contributed by atoms with Crippen molar-refractivity contribution in [2.45, 2.75) is 19.4 Å². The highest BCUT2D eigenvalue weighted by Gasteiger charge is 2.34. The summed E-state index contributed by atoms with van der Waals surface area (Å²) in [6.07, 6.45) is 0.736. The fourth-order valence-corrected chi connectivity index (χ4v) is 1.54. The minimum absolute atomic E-state index is 0.160. The van der Waals surface area contributed by atoms with Crippen LogP contribution in [0.25, 0.3) is 0 Å². The fraction of sp³-hybridized carbons (Fsp3) is 0.500. The Bertz CT molecular complexity index is 386. The molecule has 7 nitrogen and oxygen atoms in total. The largest absolute Gasteiger partial charge is 0.368 e. The molecule has 0 radical (unpaired) electrons. The molecule has 1 unspecified atom stereocenters. The number of carbonyl (C=O) groups is 1. The van der Waals surface area contributed by atoms with E-state index in [0.29, 0.717) is 11.8 Å². The fourth-order valence-electron chi connectivity index (χ4n) is 1.54. The molecule has 0 saturated carbocycles. The van der Waals surface area contributed by atoms with Crippen molar-refractivity contribution in [2.24, 2.45) is 5.73 Å². The van der Waals surface area contributed by atoms with Crippen LogP contribution in [0.4, 0.5) is 11.9 Å². The highest BCUT2D eigenvalue weighted by molar-refractivity contribution is 5.84. The molecule has 2 rings (SSSR count). The maximum Gasteiger partial charge on any atom is 0.240 e. The summed E-state index contributed by atoms with van der Waals surface area (Å²) in [5.74, 6) is 0.758. The van der Waals surface area contributed by atoms with Crippen LogP contribution in [0.1, 0.15) is 12.2 Å². The number of carbonyl (C=O) groups excluding carboxylic acids is 1. The van der Waals surface area contributed by atoms with E-state index in [4.69, 9.17) is 11.5 Å². The summed E-state index contributed by atoms with van der Waals surface area (Å²) in [5, 5.41) is 0. The average Bonchev–Trinajstić information content (AvgIpc) is 1.97. The molecule has 0 aromatic carbocycles. The lowest BCUT2D eigenvalue weighted by Gasteiger charge is -2.38. The van der Waals surface area contributed by atoms with E-state index in [1.165, 1.54) is 0 Å². The number of aromatic nitrogens is 3. The highest BCUT2D eigenvalue weighted by Crippen LogP contribution is 2.22. The lowest BCUT2D eigenvalue weighted by Crippen LogP contribution is -2.55. The van der Waals surface area contributed by atoms with E-state index in [-0.39, 0.29) is 17.9 Å². The lowest BCUT2D eigenvalue weighted by atomic mass is 10.0. The van der Waals surface area contributed by atoms with E-state index in [1.807, 2.05) is 0 Å². The van der Waals surface area contributed by atoms with Gasteiger partial charge in [-0.05, 0) is 13.3 Å². The number of hydrogen-bond donors (Lipinski definition) is 2. The van der Waals surface area contributed by atoms with Gasteiger partial charge >= 0.3 is 0 Å². The van der Waals surface area contributed by atoms with Crippen molar-refractivity contribution in [3.8, 4) is 0 Å². The summed E-state index contributed by atoms with van der Waals surface area (Å²) in [6.45, 7) is 2.44. The molecule has 1 amide bonds. The smallest absolute Gasteiger partial charge is 0.240 e. The van der Waals surface area contributed by atoms with Gasteiger partial charge in [-0.1, -0.05) is 0 Å². The van der Waals surface area contributed by atoms with Gasteiger partial charge in [0.05, 0.1) is 0 Å². The number of amides is 1. The van der Waals surface area contributed by atoms with E-state index in [2.05, 4.69) is 15.0 Å². The van der Waals surface area contributed by atoms with Crippen LogP contribution in [-0.4, -0.2) is 33.4 Å². The number of rotatable bonds is 2. The zero-order valence-electron chi connectivity index (χ0n) is 8.34. The molecule has 1 aliphatic rings. The normalized spacial score (nSPS) is 19.8. The number of anilines is 2. The van der Waals surface area contributed by atoms with E-state index in [1.54, 1.807) is 11.8 Å². The van der Waals surface area contributed by atoms with Crippen molar-refractivity contribution in [3.63, 3.8) is 0 Å². The summed E-state index contributed by atoms with van der Waals surface area (Å²) < 4.78 is 0. The summed E-state index contributed by atoms with van der Waals surface area (Å²) in [4.78, 5) is 24.7. The van der Waals surface area contributed by atoms with Crippen molar-refractivity contribution >= 4 is 17.8 Å². The van der Waals surface area contributed by atoms with Crippen LogP contribution >= 0.6 is 0 Å². The first-order valence-electron chi connectivity index (χ1n) is 4.62. The Balaban J connectivity index is 2.26. The van der Waals surface area contributed by atoms with Gasteiger partial charge in [-0.2, -0.15) is 15.0 Å². The monoisotopic (exact) mass is 208 g/mol. The Morgan fingerprint density at radius 3 is 2.67 bits per heavy atom. The zero-order valence-corrected chi connectivity index (χ0v) is 8.34. The number of hydrogen-bond acceptors (Lipinski definition) is 6. The molecule has 2 heterocycles. The molecule has 1 atom stereocenters. The molecule has 1 aliphatic heterocycles. The topological polar surface area (TPSA) is 111 Å². The predicted octanol–water partition coefficient (Wildman–Crippen LogP) is -1.17. The minimum Gasteiger partial charge on any atom is -0.368 e. The first-order valence-corrected chi connectivity index (χ1v) is 4.62. The molecule has 0 spiro atoms. The summed E-state index contributed by atoms with van der Waals surface area (Å²) in [5.41, 5.74) is 10.7. The standard InChI is InChI=1S/C8H12N6O/c1-4-11-7(10)13-8(12-4)14-3-2-5(14)6(9)15/h5H,2-3H2,1H3,(H2,9,15)(H2,10,11,12,13). The van der Waals surface area contributed by atoms with Crippen molar-refractivity contribution in [1.29, 1.82) is 0 Å². The van der Waals surface area contributed by atoms with E-state index in [0.717, 1.165) is 13.0 Å². The Hall–Kier alpha value is -1.92. The second-order valence-corrected chi connectivity index (χ2v) is 3.44. The van der Waals surface area contributed by atoms with Crippen molar-refractivity contribution < 1.29 is 4.79 Å². The average molecular weight is 208 g/mol. The third-order valence-corrected chi connectivity index (χ3v) is 2.36. The lowest BCUT2D eigenvalue weighted by molar-refractivity contribution is -0.120. The molecule has 80 valence electrons. The van der Waals surface area contributed by atoms with Crippen LogP contribution in [0.2, 0.25) is 0 Å². The molecule has 1 aromatic heterocycles. The molecule has 1 saturated heterocycles.